The van der Waals surface area contributed by atoms with E-state index in [-0.39, 0.29) is 22.1 Å². The Balaban J connectivity index is 2.54. The van der Waals surface area contributed by atoms with E-state index in [1.54, 1.807) is 33.9 Å². The molecule has 0 fully saturated rings. The number of hydrogen-bond acceptors (Lipinski definition) is 6. The number of ketones is 1. The molecule has 0 saturated heterocycles. The highest BCUT2D eigenvalue weighted by Crippen LogP contribution is 2.29. The van der Waals surface area contributed by atoms with E-state index in [4.69, 9.17) is 4.74 Å². The molecule has 2 aromatic rings. The van der Waals surface area contributed by atoms with E-state index >= 15 is 0 Å². The molecule has 1 aromatic heterocycles. The first-order valence-electron chi connectivity index (χ1n) is 9.28. The van der Waals surface area contributed by atoms with E-state index in [0.29, 0.717) is 35.3 Å². The van der Waals surface area contributed by atoms with Gasteiger partial charge in [-0.2, -0.15) is 5.10 Å². The molecule has 0 unspecified atom stereocenters. The summed E-state index contributed by atoms with van der Waals surface area (Å²) in [6.07, 6.45) is 1.93. The van der Waals surface area contributed by atoms with Gasteiger partial charge in [-0.05, 0) is 57.4 Å². The Morgan fingerprint density at radius 2 is 1.69 bits per heavy atom. The maximum Gasteiger partial charge on any atom is 0.416 e. The van der Waals surface area contributed by atoms with Crippen LogP contribution in [0.3, 0.4) is 0 Å². The van der Waals surface area contributed by atoms with Crippen LogP contribution >= 0.6 is 0 Å². The number of hydrogen-bond donors (Lipinski definition) is 0. The molecule has 0 aliphatic heterocycles. The molecule has 0 spiro atoms. The van der Waals surface area contributed by atoms with Crippen molar-refractivity contribution in [2.45, 2.75) is 39.5 Å². The monoisotopic (exact) mass is 421 g/mol. The Morgan fingerprint density at radius 1 is 1.10 bits per heavy atom. The van der Waals surface area contributed by atoms with Crippen molar-refractivity contribution in [3.05, 3.63) is 40.1 Å². The van der Waals surface area contributed by atoms with Gasteiger partial charge in [-0.3, -0.25) is 4.79 Å². The molecule has 0 atom stereocenters. The molecule has 1 aromatic carbocycles. The minimum atomic E-state index is -3.43. The maximum atomic E-state index is 13.2. The van der Waals surface area contributed by atoms with Crippen molar-refractivity contribution in [3.8, 4) is 5.88 Å². The number of sulfone groups is 1. The summed E-state index contributed by atoms with van der Waals surface area (Å²) in [5.74, 6) is -0.335. The highest BCUT2D eigenvalue weighted by atomic mass is 32.2. The fraction of sp³-hybridized carbons (Fsp3) is 0.450. The molecule has 9 heteroatoms. The van der Waals surface area contributed by atoms with E-state index in [2.05, 4.69) is 5.10 Å². The van der Waals surface area contributed by atoms with Gasteiger partial charge in [0.2, 0.25) is 5.88 Å². The second kappa shape index (κ2) is 8.36. The van der Waals surface area contributed by atoms with Crippen molar-refractivity contribution < 1.29 is 22.7 Å². The topological polar surface area (TPSA) is 98.6 Å². The fourth-order valence-corrected chi connectivity index (χ4v) is 4.70. The minimum absolute atomic E-state index is 0.0498. The third-order valence-corrected chi connectivity index (χ3v) is 6.35. The van der Waals surface area contributed by atoms with Crippen LogP contribution in [0.2, 0.25) is 0 Å². The smallest absolute Gasteiger partial charge is 0.391 e. The maximum absolute atomic E-state index is 13.2. The van der Waals surface area contributed by atoms with Gasteiger partial charge in [-0.1, -0.05) is 0 Å². The van der Waals surface area contributed by atoms with Crippen LogP contribution < -0.4 is 4.74 Å². The third-order valence-electron chi connectivity index (χ3n) is 4.98. The van der Waals surface area contributed by atoms with Crippen LogP contribution in [0.15, 0.2) is 17.2 Å². The molecule has 1 amide bonds. The van der Waals surface area contributed by atoms with Crippen LogP contribution in [-0.2, 0) is 16.9 Å². The number of ether oxygens (including phenoxy) is 1. The van der Waals surface area contributed by atoms with Crippen LogP contribution in [0.4, 0.5) is 4.79 Å². The predicted molar refractivity (Wildman–Crippen MR) is 109 cm³/mol. The number of benzene rings is 1. The van der Waals surface area contributed by atoms with Crippen LogP contribution in [0.25, 0.3) is 0 Å². The van der Waals surface area contributed by atoms with Crippen molar-refractivity contribution in [3.63, 3.8) is 0 Å². The number of aryl methyl sites for hydroxylation is 2. The van der Waals surface area contributed by atoms with Gasteiger partial charge in [-0.25, -0.2) is 17.9 Å². The number of nitrogens with zero attached hydrogens (tertiary/aromatic N) is 3. The molecule has 0 saturated carbocycles. The zero-order valence-electron chi connectivity index (χ0n) is 17.9. The summed E-state index contributed by atoms with van der Waals surface area (Å²) in [4.78, 5) is 27.3. The zero-order valence-corrected chi connectivity index (χ0v) is 18.7. The van der Waals surface area contributed by atoms with Crippen LogP contribution in [-0.4, -0.2) is 54.3 Å². The molecule has 8 nitrogen and oxygen atoms in total. The highest BCUT2D eigenvalue weighted by Gasteiger charge is 2.27. The molecule has 0 aliphatic rings. The van der Waals surface area contributed by atoms with E-state index in [1.807, 2.05) is 13.8 Å². The average molecular weight is 422 g/mol. The lowest BCUT2D eigenvalue weighted by Gasteiger charge is -2.18. The zero-order chi connectivity index (χ0) is 22.1. The predicted octanol–water partition coefficient (Wildman–Crippen LogP) is 2.82. The van der Waals surface area contributed by atoms with Crippen LogP contribution in [0.1, 0.15) is 46.5 Å². The van der Waals surface area contributed by atoms with Crippen LogP contribution in [0, 0.1) is 20.8 Å². The molecule has 29 heavy (non-hydrogen) atoms. The highest BCUT2D eigenvalue weighted by molar-refractivity contribution is 7.90. The second-order valence-electron chi connectivity index (χ2n) is 6.95. The van der Waals surface area contributed by atoms with Crippen molar-refractivity contribution in [2.75, 3.05) is 19.3 Å². The molecule has 158 valence electrons. The lowest BCUT2D eigenvalue weighted by Crippen LogP contribution is -2.33. The number of amides is 1. The van der Waals surface area contributed by atoms with E-state index in [9.17, 15) is 18.0 Å². The lowest BCUT2D eigenvalue weighted by atomic mass is 9.95. The summed E-state index contributed by atoms with van der Waals surface area (Å²) in [6, 6.07) is 1.56. The lowest BCUT2D eigenvalue weighted by molar-refractivity contribution is 0.103. The molecule has 2 rings (SSSR count). The standard InChI is InChI=1S/C20H27N3O5S/c1-8-23(9-2)20(25)28-19-16(11-21-22(19)6)17(24)15-10-12(3)18(29(7,26)27)14(5)13(15)4/h10-11H,8-9H2,1-7H3. The molecule has 0 aliphatic carbocycles. The molecule has 0 radical (unpaired) electrons. The van der Waals surface area contributed by atoms with E-state index in [0.717, 1.165) is 6.26 Å². The largest absolute Gasteiger partial charge is 0.416 e. The molecular weight excluding hydrogens is 394 g/mol. The van der Waals surface area contributed by atoms with Gasteiger partial charge in [0.15, 0.2) is 15.6 Å². The van der Waals surface area contributed by atoms with Gasteiger partial charge >= 0.3 is 6.09 Å². The minimum Gasteiger partial charge on any atom is -0.391 e. The summed E-state index contributed by atoms with van der Waals surface area (Å²) in [7, 11) is -1.85. The van der Waals surface area contributed by atoms with Gasteiger partial charge in [0.05, 0.1) is 11.1 Å². The Kier molecular flexibility index (Phi) is 6.52. The van der Waals surface area contributed by atoms with Crippen molar-refractivity contribution in [2.24, 2.45) is 7.05 Å². The molecule has 0 bridgehead atoms. The SMILES string of the molecule is CCN(CC)C(=O)Oc1c(C(=O)c2cc(C)c(S(C)(=O)=O)c(C)c2C)cnn1C. The first-order chi connectivity index (χ1) is 13.4. The fourth-order valence-electron chi connectivity index (χ4n) is 3.34. The second-order valence-corrected chi connectivity index (χ2v) is 8.90. The van der Waals surface area contributed by atoms with Gasteiger partial charge in [-0.15, -0.1) is 0 Å². The Morgan fingerprint density at radius 3 is 2.21 bits per heavy atom. The Labute approximate surface area is 171 Å². The Hall–Kier alpha value is -2.68. The number of rotatable bonds is 6. The van der Waals surface area contributed by atoms with Gasteiger partial charge in [0, 0.05) is 32.0 Å². The first-order valence-corrected chi connectivity index (χ1v) is 11.2. The summed E-state index contributed by atoms with van der Waals surface area (Å²) < 4.78 is 31.0. The van der Waals surface area contributed by atoms with Crippen molar-refractivity contribution >= 4 is 21.7 Å². The average Bonchev–Trinajstić information content (AvgIpc) is 2.98. The van der Waals surface area contributed by atoms with E-state index in [1.165, 1.54) is 15.8 Å². The van der Waals surface area contributed by atoms with Crippen LogP contribution in [0.5, 0.6) is 5.88 Å². The summed E-state index contributed by atoms with van der Waals surface area (Å²) in [5.41, 5.74) is 2.07. The molecule has 0 N–H and O–H groups in total. The van der Waals surface area contributed by atoms with E-state index < -0.39 is 15.9 Å². The summed E-state index contributed by atoms with van der Waals surface area (Å²) in [6.45, 7) is 9.65. The van der Waals surface area contributed by atoms with Gasteiger partial charge < -0.3 is 9.64 Å². The van der Waals surface area contributed by atoms with Gasteiger partial charge in [0.1, 0.15) is 5.56 Å². The molecule has 1 heterocycles. The summed E-state index contributed by atoms with van der Waals surface area (Å²) in [5, 5.41) is 4.06. The number of aromatic nitrogens is 2. The van der Waals surface area contributed by atoms with Crippen molar-refractivity contribution in [1.82, 2.24) is 14.7 Å². The first kappa shape index (κ1) is 22.6. The quantitative estimate of drug-likeness (QED) is 0.665. The summed E-state index contributed by atoms with van der Waals surface area (Å²) >= 11 is 0. The van der Waals surface area contributed by atoms with Gasteiger partial charge in [0.25, 0.3) is 0 Å². The number of carbonyl (C=O) groups excluding carboxylic acids is 2. The number of carbonyl (C=O) groups is 2. The third kappa shape index (κ3) is 4.34. The Bertz CT molecular complexity index is 1070. The molecular formula is C20H27N3O5S. The normalized spacial score (nSPS) is 11.4. The van der Waals surface area contributed by atoms with Crippen molar-refractivity contribution in [1.29, 1.82) is 0 Å².